The highest BCUT2D eigenvalue weighted by molar-refractivity contribution is 6.30. The summed E-state index contributed by atoms with van der Waals surface area (Å²) in [5.41, 5.74) is 2.23. The smallest absolute Gasteiger partial charge is 0.0562 e. The van der Waals surface area contributed by atoms with E-state index in [0.717, 1.165) is 29.2 Å². The van der Waals surface area contributed by atoms with Crippen molar-refractivity contribution in [2.75, 3.05) is 13.1 Å². The average molecular weight is 207 g/mol. The number of halogens is 1. The van der Waals surface area contributed by atoms with Gasteiger partial charge < -0.3 is 5.32 Å². The Kier molecular flexibility index (Phi) is 2.84. The zero-order valence-corrected chi connectivity index (χ0v) is 8.46. The molecule has 0 aromatic heterocycles. The van der Waals surface area contributed by atoms with E-state index >= 15 is 0 Å². The molecule has 0 bridgehead atoms. The molecule has 0 aliphatic carbocycles. The predicted molar refractivity (Wildman–Crippen MR) is 60.8 cm³/mol. The third-order valence-corrected chi connectivity index (χ3v) is 2.30. The van der Waals surface area contributed by atoms with Gasteiger partial charge in [0.2, 0.25) is 0 Å². The number of benzene rings is 1. The number of nitrogens with one attached hydrogen (secondary N) is 1. The van der Waals surface area contributed by atoms with Gasteiger partial charge in [-0.1, -0.05) is 23.7 Å². The van der Waals surface area contributed by atoms with E-state index in [0.29, 0.717) is 0 Å². The lowest BCUT2D eigenvalue weighted by atomic mass is 10.1. The molecule has 14 heavy (non-hydrogen) atoms. The standard InChI is InChI=1S/C11H11ClN2/c12-11-3-1-9(2-4-11)10-7-13-5-6-14-8-10/h1-4,7-8,13H,5-6H2. The SMILES string of the molecule is Clc1ccc(C2=CNCCN=C2)cc1. The van der Waals surface area contributed by atoms with E-state index in [1.807, 2.05) is 36.7 Å². The van der Waals surface area contributed by atoms with Crippen LogP contribution in [0.1, 0.15) is 5.56 Å². The number of rotatable bonds is 1. The molecule has 0 atom stereocenters. The Morgan fingerprint density at radius 3 is 2.79 bits per heavy atom. The van der Waals surface area contributed by atoms with Crippen molar-refractivity contribution in [1.29, 1.82) is 0 Å². The quantitative estimate of drug-likeness (QED) is 0.750. The summed E-state index contributed by atoms with van der Waals surface area (Å²) >= 11 is 5.81. The van der Waals surface area contributed by atoms with Crippen molar-refractivity contribution in [3.63, 3.8) is 0 Å². The van der Waals surface area contributed by atoms with Crippen molar-refractivity contribution in [1.82, 2.24) is 5.32 Å². The van der Waals surface area contributed by atoms with Crippen LogP contribution in [0.25, 0.3) is 5.57 Å². The van der Waals surface area contributed by atoms with Gasteiger partial charge in [0.1, 0.15) is 0 Å². The fourth-order valence-corrected chi connectivity index (χ4v) is 1.44. The van der Waals surface area contributed by atoms with Crippen molar-refractivity contribution in [2.24, 2.45) is 4.99 Å². The maximum absolute atomic E-state index is 5.81. The van der Waals surface area contributed by atoms with Crippen molar-refractivity contribution >= 4 is 23.4 Å². The number of hydrogen-bond acceptors (Lipinski definition) is 2. The first kappa shape index (κ1) is 9.28. The molecule has 0 radical (unpaired) electrons. The van der Waals surface area contributed by atoms with Crippen LogP contribution >= 0.6 is 11.6 Å². The van der Waals surface area contributed by atoms with E-state index in [1.165, 1.54) is 0 Å². The van der Waals surface area contributed by atoms with Crippen molar-refractivity contribution < 1.29 is 0 Å². The molecule has 2 nitrogen and oxygen atoms in total. The molecule has 0 spiro atoms. The predicted octanol–water partition coefficient (Wildman–Crippen LogP) is 2.35. The van der Waals surface area contributed by atoms with Gasteiger partial charge in [0, 0.05) is 29.6 Å². The highest BCUT2D eigenvalue weighted by Gasteiger charge is 2.00. The molecular weight excluding hydrogens is 196 g/mol. The lowest BCUT2D eigenvalue weighted by Crippen LogP contribution is -2.08. The van der Waals surface area contributed by atoms with E-state index in [1.54, 1.807) is 0 Å². The van der Waals surface area contributed by atoms with Crippen LogP contribution < -0.4 is 5.32 Å². The minimum atomic E-state index is 0.757. The highest BCUT2D eigenvalue weighted by atomic mass is 35.5. The molecule has 0 unspecified atom stereocenters. The van der Waals surface area contributed by atoms with Crippen molar-refractivity contribution in [3.8, 4) is 0 Å². The van der Waals surface area contributed by atoms with Crippen LogP contribution in [0.5, 0.6) is 0 Å². The molecule has 1 aliphatic rings. The Labute approximate surface area is 88.3 Å². The normalized spacial score (nSPS) is 15.6. The highest BCUT2D eigenvalue weighted by Crippen LogP contribution is 2.16. The molecule has 2 rings (SSSR count). The summed E-state index contributed by atoms with van der Waals surface area (Å²) in [6.45, 7) is 1.72. The van der Waals surface area contributed by atoms with Crippen LogP contribution in [0, 0.1) is 0 Å². The van der Waals surface area contributed by atoms with Crippen LogP contribution in [-0.2, 0) is 0 Å². The molecule has 1 aromatic carbocycles. The zero-order chi connectivity index (χ0) is 9.80. The Balaban J connectivity index is 2.29. The summed E-state index contributed by atoms with van der Waals surface area (Å²) in [7, 11) is 0. The Morgan fingerprint density at radius 1 is 1.21 bits per heavy atom. The molecule has 1 heterocycles. The molecule has 1 N–H and O–H groups in total. The van der Waals surface area contributed by atoms with Gasteiger partial charge in [-0.2, -0.15) is 0 Å². The third kappa shape index (κ3) is 2.15. The molecule has 0 amide bonds. The van der Waals surface area contributed by atoms with Gasteiger partial charge in [0.25, 0.3) is 0 Å². The zero-order valence-electron chi connectivity index (χ0n) is 7.70. The first-order valence-electron chi connectivity index (χ1n) is 4.55. The summed E-state index contributed by atoms with van der Waals surface area (Å²) in [5.74, 6) is 0. The van der Waals surface area contributed by atoms with Crippen LogP contribution in [0.15, 0.2) is 35.5 Å². The van der Waals surface area contributed by atoms with Gasteiger partial charge in [-0.05, 0) is 17.7 Å². The van der Waals surface area contributed by atoms with Crippen molar-refractivity contribution in [2.45, 2.75) is 0 Å². The van der Waals surface area contributed by atoms with Gasteiger partial charge in [-0.25, -0.2) is 0 Å². The second kappa shape index (κ2) is 4.29. The first-order chi connectivity index (χ1) is 6.86. The van der Waals surface area contributed by atoms with E-state index < -0.39 is 0 Å². The molecule has 0 saturated heterocycles. The maximum atomic E-state index is 5.81. The Hall–Kier alpha value is -1.28. The molecule has 1 aromatic rings. The molecule has 0 fully saturated rings. The Bertz CT molecular complexity index is 365. The van der Waals surface area contributed by atoms with Crippen molar-refractivity contribution in [3.05, 3.63) is 41.1 Å². The lowest BCUT2D eigenvalue weighted by molar-refractivity contribution is 0.854. The van der Waals surface area contributed by atoms with Gasteiger partial charge in [-0.15, -0.1) is 0 Å². The van der Waals surface area contributed by atoms with Crippen LogP contribution in [0.2, 0.25) is 5.02 Å². The number of aliphatic imine (C=N–C) groups is 1. The van der Waals surface area contributed by atoms with Gasteiger partial charge >= 0.3 is 0 Å². The molecule has 1 aliphatic heterocycles. The fourth-order valence-electron chi connectivity index (χ4n) is 1.31. The lowest BCUT2D eigenvalue weighted by Gasteiger charge is -2.01. The molecule has 3 heteroatoms. The second-order valence-corrected chi connectivity index (χ2v) is 3.53. The summed E-state index contributed by atoms with van der Waals surface area (Å²) in [5, 5.41) is 3.95. The minimum Gasteiger partial charge on any atom is -0.388 e. The number of nitrogens with zero attached hydrogens (tertiary/aromatic N) is 1. The summed E-state index contributed by atoms with van der Waals surface area (Å²) in [4.78, 5) is 4.26. The number of allylic oxidation sites excluding steroid dienone is 1. The van der Waals surface area contributed by atoms with E-state index in [-0.39, 0.29) is 0 Å². The van der Waals surface area contributed by atoms with Gasteiger partial charge in [0.15, 0.2) is 0 Å². The van der Waals surface area contributed by atoms with E-state index in [2.05, 4.69) is 10.3 Å². The van der Waals surface area contributed by atoms with E-state index in [4.69, 9.17) is 11.6 Å². The van der Waals surface area contributed by atoms with Crippen LogP contribution in [0.4, 0.5) is 0 Å². The molecule has 72 valence electrons. The summed E-state index contributed by atoms with van der Waals surface area (Å²) < 4.78 is 0. The molecule has 0 saturated carbocycles. The average Bonchev–Trinajstić information content (AvgIpc) is 2.47. The second-order valence-electron chi connectivity index (χ2n) is 3.10. The summed E-state index contributed by atoms with van der Waals surface area (Å²) in [6, 6.07) is 7.76. The third-order valence-electron chi connectivity index (χ3n) is 2.05. The Morgan fingerprint density at radius 2 is 2.00 bits per heavy atom. The van der Waals surface area contributed by atoms with E-state index in [9.17, 15) is 0 Å². The van der Waals surface area contributed by atoms with Crippen LogP contribution in [-0.4, -0.2) is 19.3 Å². The fraction of sp³-hybridized carbons (Fsp3) is 0.182. The van der Waals surface area contributed by atoms with Crippen LogP contribution in [0.3, 0.4) is 0 Å². The van der Waals surface area contributed by atoms with Gasteiger partial charge in [-0.3, -0.25) is 4.99 Å². The topological polar surface area (TPSA) is 24.4 Å². The molecular formula is C11H11ClN2. The number of hydrogen-bond donors (Lipinski definition) is 1. The van der Waals surface area contributed by atoms with Gasteiger partial charge in [0.05, 0.1) is 6.54 Å². The maximum Gasteiger partial charge on any atom is 0.0562 e. The summed E-state index contributed by atoms with van der Waals surface area (Å²) in [6.07, 6.45) is 3.88. The largest absolute Gasteiger partial charge is 0.388 e. The first-order valence-corrected chi connectivity index (χ1v) is 4.93. The monoisotopic (exact) mass is 206 g/mol. The minimum absolute atomic E-state index is 0.757.